The molecule has 0 aliphatic rings. The summed E-state index contributed by atoms with van der Waals surface area (Å²) in [6.45, 7) is 2.18. The highest BCUT2D eigenvalue weighted by molar-refractivity contribution is 6.56. The fourth-order valence-electron chi connectivity index (χ4n) is 1.15. The highest BCUT2D eigenvalue weighted by atomic mass is 28.3. The van der Waals surface area contributed by atoms with Crippen molar-refractivity contribution in [1.82, 2.24) is 4.98 Å². The summed E-state index contributed by atoms with van der Waals surface area (Å²) < 4.78 is 10.4. The number of ether oxygens (including phenoxy) is 2. The summed E-state index contributed by atoms with van der Waals surface area (Å²) in [4.78, 5) is 3.29. The Morgan fingerprint density at radius 1 is 1.36 bits per heavy atom. The van der Waals surface area contributed by atoms with Gasteiger partial charge in [0, 0.05) is 14.2 Å². The van der Waals surface area contributed by atoms with Gasteiger partial charge in [-0.15, -0.1) is 0 Å². The third kappa shape index (κ3) is 3.86. The quantitative estimate of drug-likeness (QED) is 0.473. The molecule has 4 heteroatoms. The third-order valence-electron chi connectivity index (χ3n) is 1.76. The van der Waals surface area contributed by atoms with Gasteiger partial charge in [-0.25, -0.2) is 0 Å². The smallest absolute Gasteiger partial charge is 0.174 e. The predicted molar refractivity (Wildman–Crippen MR) is 49.1 cm³/mol. The molecule has 0 saturated heterocycles. The van der Waals surface area contributed by atoms with E-state index in [0.717, 1.165) is 0 Å². The van der Waals surface area contributed by atoms with Crippen LogP contribution in [0.5, 0.6) is 0 Å². The first kappa shape index (κ1) is 11.1. The molecule has 11 heavy (non-hydrogen) atoms. The second-order valence-electron chi connectivity index (χ2n) is 2.52. The molecule has 0 aromatic heterocycles. The van der Waals surface area contributed by atoms with Gasteiger partial charge in [0.1, 0.15) is 0 Å². The van der Waals surface area contributed by atoms with E-state index in [0.29, 0.717) is 0 Å². The van der Waals surface area contributed by atoms with Crippen molar-refractivity contribution in [3.63, 3.8) is 0 Å². The van der Waals surface area contributed by atoms with E-state index >= 15 is 0 Å². The van der Waals surface area contributed by atoms with Gasteiger partial charge in [-0.3, -0.25) is 0 Å². The zero-order valence-electron chi connectivity index (χ0n) is 7.89. The molecule has 0 aromatic carbocycles. The van der Waals surface area contributed by atoms with E-state index in [1.807, 2.05) is 7.05 Å². The summed E-state index contributed by atoms with van der Waals surface area (Å²) in [5.74, 6) is 0.0138. The molecule has 68 valence electrons. The third-order valence-corrected chi connectivity index (χ3v) is 4.91. The first-order chi connectivity index (χ1) is 5.29. The second kappa shape index (κ2) is 6.79. The maximum atomic E-state index is 5.18. The highest BCUT2D eigenvalue weighted by Gasteiger charge is 2.19. The van der Waals surface area contributed by atoms with Crippen LogP contribution < -0.4 is 4.98 Å². The molecule has 0 bridgehead atoms. The SMILES string of the molecule is CCC[SiH](NC)C(OC)OC. The van der Waals surface area contributed by atoms with Crippen molar-refractivity contribution in [3.05, 3.63) is 0 Å². The van der Waals surface area contributed by atoms with Crippen molar-refractivity contribution >= 4 is 8.96 Å². The largest absolute Gasteiger partial charge is 0.358 e. The average molecular weight is 177 g/mol. The molecule has 3 nitrogen and oxygen atoms in total. The average Bonchev–Trinajstić information content (AvgIpc) is 2.05. The van der Waals surface area contributed by atoms with Crippen molar-refractivity contribution in [2.45, 2.75) is 25.3 Å². The first-order valence-electron chi connectivity index (χ1n) is 4.03. The van der Waals surface area contributed by atoms with Crippen LogP contribution in [0, 0.1) is 0 Å². The fraction of sp³-hybridized carbons (Fsp3) is 1.00. The Balaban J connectivity index is 3.76. The van der Waals surface area contributed by atoms with Gasteiger partial charge in [0.15, 0.2) is 14.9 Å². The minimum absolute atomic E-state index is 0.0138. The Hall–Kier alpha value is 0.0969. The normalized spacial score (nSPS) is 13.9. The Morgan fingerprint density at radius 2 is 1.91 bits per heavy atom. The summed E-state index contributed by atoms with van der Waals surface area (Å²) >= 11 is 0. The van der Waals surface area contributed by atoms with E-state index in [-0.39, 0.29) is 5.91 Å². The predicted octanol–water partition coefficient (Wildman–Crippen LogP) is 0.498. The Labute approximate surface area is 70.8 Å². The standard InChI is InChI=1S/C7H19NO2Si/c1-5-6-11(8-2)7(9-3)10-4/h7-8,11H,5-6H2,1-4H3. The Bertz CT molecular complexity index is 88.5. The fourth-order valence-corrected chi connectivity index (χ4v) is 3.26. The number of hydrogen-bond donors (Lipinski definition) is 1. The molecule has 0 heterocycles. The van der Waals surface area contributed by atoms with Crippen molar-refractivity contribution in [2.75, 3.05) is 21.3 Å². The molecule has 0 aliphatic carbocycles. The van der Waals surface area contributed by atoms with Crippen molar-refractivity contribution in [3.8, 4) is 0 Å². The van der Waals surface area contributed by atoms with Gasteiger partial charge in [-0.1, -0.05) is 13.3 Å². The lowest BCUT2D eigenvalue weighted by Gasteiger charge is -2.21. The van der Waals surface area contributed by atoms with Crippen LogP contribution in [0.25, 0.3) is 0 Å². The molecule has 1 unspecified atom stereocenters. The van der Waals surface area contributed by atoms with Crippen molar-refractivity contribution < 1.29 is 9.47 Å². The van der Waals surface area contributed by atoms with Crippen LogP contribution in [-0.4, -0.2) is 36.1 Å². The number of methoxy groups -OCH3 is 2. The zero-order chi connectivity index (χ0) is 8.69. The maximum Gasteiger partial charge on any atom is 0.174 e. The summed E-state index contributed by atoms with van der Waals surface area (Å²) in [5, 5.41) is 0. The lowest BCUT2D eigenvalue weighted by Crippen LogP contribution is -2.44. The van der Waals surface area contributed by atoms with Gasteiger partial charge in [-0.05, 0) is 13.1 Å². The monoisotopic (exact) mass is 177 g/mol. The van der Waals surface area contributed by atoms with E-state index in [2.05, 4.69) is 11.9 Å². The van der Waals surface area contributed by atoms with Crippen LogP contribution in [0.1, 0.15) is 13.3 Å². The first-order valence-corrected chi connectivity index (χ1v) is 6.09. The van der Waals surface area contributed by atoms with Gasteiger partial charge < -0.3 is 14.5 Å². The van der Waals surface area contributed by atoms with E-state index < -0.39 is 8.96 Å². The van der Waals surface area contributed by atoms with E-state index in [9.17, 15) is 0 Å². The second-order valence-corrected chi connectivity index (χ2v) is 5.44. The summed E-state index contributed by atoms with van der Waals surface area (Å²) in [7, 11) is 4.35. The van der Waals surface area contributed by atoms with E-state index in [4.69, 9.17) is 9.47 Å². The van der Waals surface area contributed by atoms with Gasteiger partial charge in [0.05, 0.1) is 0 Å². The van der Waals surface area contributed by atoms with Crippen LogP contribution in [0.15, 0.2) is 0 Å². The summed E-state index contributed by atoms with van der Waals surface area (Å²) in [6, 6.07) is 1.21. The van der Waals surface area contributed by atoms with E-state index in [1.165, 1.54) is 12.5 Å². The van der Waals surface area contributed by atoms with Gasteiger partial charge in [-0.2, -0.15) is 0 Å². The van der Waals surface area contributed by atoms with E-state index in [1.54, 1.807) is 14.2 Å². The molecule has 0 rings (SSSR count). The molecule has 0 saturated carbocycles. The van der Waals surface area contributed by atoms with Crippen molar-refractivity contribution in [2.24, 2.45) is 0 Å². The molecular weight excluding hydrogens is 158 g/mol. The topological polar surface area (TPSA) is 30.5 Å². The molecule has 1 atom stereocenters. The number of nitrogens with one attached hydrogen (secondary N) is 1. The van der Waals surface area contributed by atoms with Crippen molar-refractivity contribution in [1.29, 1.82) is 0 Å². The molecule has 0 amide bonds. The van der Waals surface area contributed by atoms with Crippen LogP contribution in [-0.2, 0) is 9.47 Å². The molecule has 0 fully saturated rings. The van der Waals surface area contributed by atoms with Crippen LogP contribution in [0.4, 0.5) is 0 Å². The van der Waals surface area contributed by atoms with Gasteiger partial charge in [0.2, 0.25) is 0 Å². The number of hydrogen-bond acceptors (Lipinski definition) is 3. The van der Waals surface area contributed by atoms with Crippen LogP contribution >= 0.6 is 0 Å². The molecule has 0 radical (unpaired) electrons. The maximum absolute atomic E-state index is 5.18. The van der Waals surface area contributed by atoms with Gasteiger partial charge in [0.25, 0.3) is 0 Å². The minimum Gasteiger partial charge on any atom is -0.358 e. The molecule has 1 N–H and O–H groups in total. The lowest BCUT2D eigenvalue weighted by molar-refractivity contribution is -0.0484. The Kier molecular flexibility index (Phi) is 6.85. The summed E-state index contributed by atoms with van der Waals surface area (Å²) in [5.41, 5.74) is 0. The molecule has 0 aliphatic heterocycles. The zero-order valence-corrected chi connectivity index (χ0v) is 9.04. The van der Waals surface area contributed by atoms with Gasteiger partial charge >= 0.3 is 0 Å². The highest BCUT2D eigenvalue weighted by Crippen LogP contribution is 2.02. The van der Waals surface area contributed by atoms with Crippen LogP contribution in [0.2, 0.25) is 6.04 Å². The summed E-state index contributed by atoms with van der Waals surface area (Å²) in [6.07, 6.45) is 1.20. The van der Waals surface area contributed by atoms with Crippen LogP contribution in [0.3, 0.4) is 0 Å². The molecular formula is C7H19NO2Si. The minimum atomic E-state index is -1.02. The number of rotatable bonds is 6. The molecule has 0 spiro atoms. The Morgan fingerprint density at radius 3 is 2.18 bits per heavy atom. The lowest BCUT2D eigenvalue weighted by atomic mass is 10.6. The molecule has 0 aromatic rings.